The molecule has 5 nitrogen and oxygen atoms in total. The van der Waals surface area contributed by atoms with Crippen molar-refractivity contribution in [1.29, 1.82) is 0 Å². The minimum atomic E-state index is -3.44. The van der Waals surface area contributed by atoms with Gasteiger partial charge in [0.2, 0.25) is 10.0 Å². The van der Waals surface area contributed by atoms with Crippen LogP contribution < -0.4 is 14.9 Å². The summed E-state index contributed by atoms with van der Waals surface area (Å²) >= 11 is 0. The van der Waals surface area contributed by atoms with Crippen LogP contribution in [-0.2, 0) is 10.0 Å². The van der Waals surface area contributed by atoms with Gasteiger partial charge in [0, 0.05) is 26.2 Å². The fourth-order valence-electron chi connectivity index (χ4n) is 2.35. The molecule has 0 unspecified atom stereocenters. The maximum absolute atomic E-state index is 12.4. The molecule has 0 radical (unpaired) electrons. The van der Waals surface area contributed by atoms with Crippen molar-refractivity contribution in [2.45, 2.75) is 31.2 Å². The van der Waals surface area contributed by atoms with E-state index < -0.39 is 10.0 Å². The molecule has 0 aliphatic carbocycles. The zero-order valence-electron chi connectivity index (χ0n) is 12.1. The summed E-state index contributed by atoms with van der Waals surface area (Å²) in [7, 11) is -3.44. The highest BCUT2D eigenvalue weighted by Gasteiger charge is 2.28. The van der Waals surface area contributed by atoms with Crippen molar-refractivity contribution in [2.24, 2.45) is 0 Å². The van der Waals surface area contributed by atoms with Crippen molar-refractivity contribution < 1.29 is 8.42 Å². The smallest absolute Gasteiger partial charge is 0.242 e. The molecule has 0 saturated carbocycles. The quantitative estimate of drug-likeness (QED) is 0.793. The van der Waals surface area contributed by atoms with Gasteiger partial charge in [0.15, 0.2) is 0 Å². The zero-order chi connectivity index (χ0) is 14.6. The number of benzene rings is 1. The monoisotopic (exact) mass is 297 g/mol. The standard InChI is InChI=1S/C14H23N3O2S/c1-3-9-16-20(18,19)14-8-6-5-7-13(14)17(4-2)12-10-15-11-12/h5-8,12,15-16H,3-4,9-11H2,1-2H3. The van der Waals surface area contributed by atoms with Gasteiger partial charge in [-0.3, -0.25) is 0 Å². The van der Waals surface area contributed by atoms with Crippen molar-refractivity contribution >= 4 is 15.7 Å². The summed E-state index contributed by atoms with van der Waals surface area (Å²) in [5.74, 6) is 0. The molecule has 0 bridgehead atoms. The van der Waals surface area contributed by atoms with Crippen LogP contribution in [0.2, 0.25) is 0 Å². The average molecular weight is 297 g/mol. The molecule has 1 saturated heterocycles. The molecule has 112 valence electrons. The maximum atomic E-state index is 12.4. The number of nitrogens with zero attached hydrogens (tertiary/aromatic N) is 1. The summed E-state index contributed by atoms with van der Waals surface area (Å²) in [4.78, 5) is 2.54. The van der Waals surface area contributed by atoms with E-state index in [1.807, 2.05) is 19.1 Å². The number of nitrogens with one attached hydrogen (secondary N) is 2. The molecule has 2 N–H and O–H groups in total. The van der Waals surface area contributed by atoms with Gasteiger partial charge in [-0.05, 0) is 25.5 Å². The number of hydrogen-bond acceptors (Lipinski definition) is 4. The summed E-state index contributed by atoms with van der Waals surface area (Å²) < 4.78 is 27.5. The Morgan fingerprint density at radius 3 is 2.55 bits per heavy atom. The third kappa shape index (κ3) is 3.13. The Balaban J connectivity index is 2.34. The van der Waals surface area contributed by atoms with E-state index in [4.69, 9.17) is 0 Å². The Bertz CT molecular complexity index is 541. The summed E-state index contributed by atoms with van der Waals surface area (Å²) in [6, 6.07) is 7.62. The van der Waals surface area contributed by atoms with E-state index in [-0.39, 0.29) is 0 Å². The van der Waals surface area contributed by atoms with Crippen LogP contribution in [0, 0.1) is 0 Å². The first kappa shape index (κ1) is 15.3. The number of para-hydroxylation sites is 1. The van der Waals surface area contributed by atoms with Gasteiger partial charge < -0.3 is 10.2 Å². The summed E-state index contributed by atoms with van der Waals surface area (Å²) in [5, 5.41) is 3.23. The van der Waals surface area contributed by atoms with E-state index in [1.54, 1.807) is 12.1 Å². The first-order valence-corrected chi connectivity index (χ1v) is 8.64. The van der Waals surface area contributed by atoms with Crippen LogP contribution in [-0.4, -0.2) is 40.6 Å². The Kier molecular flexibility index (Phi) is 5.01. The molecule has 0 amide bonds. The first-order chi connectivity index (χ1) is 9.60. The van der Waals surface area contributed by atoms with Crippen LogP contribution in [0.3, 0.4) is 0 Å². The Labute approximate surface area is 121 Å². The Morgan fingerprint density at radius 1 is 1.30 bits per heavy atom. The minimum Gasteiger partial charge on any atom is -0.365 e. The van der Waals surface area contributed by atoms with Crippen LogP contribution >= 0.6 is 0 Å². The highest BCUT2D eigenvalue weighted by molar-refractivity contribution is 7.89. The molecule has 6 heteroatoms. The largest absolute Gasteiger partial charge is 0.365 e. The zero-order valence-corrected chi connectivity index (χ0v) is 12.9. The lowest BCUT2D eigenvalue weighted by molar-refractivity contribution is 0.416. The highest BCUT2D eigenvalue weighted by atomic mass is 32.2. The lowest BCUT2D eigenvalue weighted by atomic mass is 10.1. The van der Waals surface area contributed by atoms with Crippen LogP contribution in [0.5, 0.6) is 0 Å². The molecule has 20 heavy (non-hydrogen) atoms. The second-order valence-corrected chi connectivity index (χ2v) is 6.70. The summed E-state index contributed by atoms with van der Waals surface area (Å²) in [5.41, 5.74) is 0.796. The third-order valence-corrected chi connectivity index (χ3v) is 5.06. The van der Waals surface area contributed by atoms with Gasteiger partial charge in [-0.1, -0.05) is 19.1 Å². The number of anilines is 1. The van der Waals surface area contributed by atoms with Gasteiger partial charge in [0.05, 0.1) is 11.7 Å². The minimum absolute atomic E-state index is 0.377. The maximum Gasteiger partial charge on any atom is 0.242 e. The van der Waals surface area contributed by atoms with Crippen molar-refractivity contribution in [2.75, 3.05) is 31.1 Å². The third-order valence-electron chi connectivity index (χ3n) is 3.55. The van der Waals surface area contributed by atoms with Crippen LogP contribution in [0.4, 0.5) is 5.69 Å². The predicted molar refractivity (Wildman–Crippen MR) is 81.6 cm³/mol. The molecule has 1 fully saturated rings. The molecular weight excluding hydrogens is 274 g/mol. The van der Waals surface area contributed by atoms with Crippen molar-refractivity contribution in [3.05, 3.63) is 24.3 Å². The first-order valence-electron chi connectivity index (χ1n) is 7.16. The number of likely N-dealkylation sites (N-methyl/N-ethyl adjacent to an activating group) is 1. The molecule has 0 aromatic heterocycles. The number of rotatable bonds is 7. The van der Waals surface area contributed by atoms with Crippen LogP contribution in [0.1, 0.15) is 20.3 Å². The van der Waals surface area contributed by atoms with E-state index >= 15 is 0 Å². The van der Waals surface area contributed by atoms with E-state index in [0.29, 0.717) is 17.5 Å². The molecule has 0 spiro atoms. The Morgan fingerprint density at radius 2 is 2.00 bits per heavy atom. The number of sulfonamides is 1. The predicted octanol–water partition coefficient (Wildman–Crippen LogP) is 1.17. The second kappa shape index (κ2) is 6.56. The lowest BCUT2D eigenvalue weighted by Gasteiger charge is -2.40. The normalized spacial score (nSPS) is 15.9. The topological polar surface area (TPSA) is 61.4 Å². The molecule has 1 heterocycles. The van der Waals surface area contributed by atoms with Gasteiger partial charge >= 0.3 is 0 Å². The average Bonchev–Trinajstić information content (AvgIpc) is 2.40. The van der Waals surface area contributed by atoms with E-state index in [9.17, 15) is 8.42 Å². The van der Waals surface area contributed by atoms with Gasteiger partial charge in [-0.2, -0.15) is 0 Å². The molecule has 0 atom stereocenters. The number of hydrogen-bond donors (Lipinski definition) is 2. The fraction of sp³-hybridized carbons (Fsp3) is 0.571. The molecule has 1 aromatic rings. The van der Waals surface area contributed by atoms with Gasteiger partial charge in [0.25, 0.3) is 0 Å². The Hall–Kier alpha value is -1.11. The van der Waals surface area contributed by atoms with Crippen molar-refractivity contribution in [3.63, 3.8) is 0 Å². The fourth-order valence-corrected chi connectivity index (χ4v) is 3.70. The van der Waals surface area contributed by atoms with E-state index in [0.717, 1.165) is 31.7 Å². The summed E-state index contributed by atoms with van der Waals surface area (Å²) in [6.07, 6.45) is 0.783. The molecule has 1 aliphatic rings. The summed E-state index contributed by atoms with van der Waals surface area (Å²) in [6.45, 7) is 7.09. The molecule has 1 aliphatic heterocycles. The molecular formula is C14H23N3O2S. The van der Waals surface area contributed by atoms with E-state index in [1.165, 1.54) is 0 Å². The molecule has 2 rings (SSSR count). The van der Waals surface area contributed by atoms with E-state index in [2.05, 4.69) is 21.9 Å². The van der Waals surface area contributed by atoms with Crippen molar-refractivity contribution in [3.8, 4) is 0 Å². The van der Waals surface area contributed by atoms with Crippen LogP contribution in [0.15, 0.2) is 29.2 Å². The van der Waals surface area contributed by atoms with Gasteiger partial charge in [-0.15, -0.1) is 0 Å². The second-order valence-electron chi connectivity index (χ2n) is 4.96. The lowest BCUT2D eigenvalue weighted by Crippen LogP contribution is -2.57. The van der Waals surface area contributed by atoms with Crippen LogP contribution in [0.25, 0.3) is 0 Å². The molecule has 1 aromatic carbocycles. The van der Waals surface area contributed by atoms with Crippen molar-refractivity contribution in [1.82, 2.24) is 10.0 Å². The van der Waals surface area contributed by atoms with Gasteiger partial charge in [0.1, 0.15) is 4.90 Å². The highest BCUT2D eigenvalue weighted by Crippen LogP contribution is 2.27. The van der Waals surface area contributed by atoms with Gasteiger partial charge in [-0.25, -0.2) is 13.1 Å². The SMILES string of the molecule is CCCNS(=O)(=O)c1ccccc1N(CC)C1CNC1.